The van der Waals surface area contributed by atoms with Crippen molar-refractivity contribution in [2.45, 2.75) is 12.8 Å². The van der Waals surface area contributed by atoms with Gasteiger partial charge in [0.1, 0.15) is 21.7 Å². The van der Waals surface area contributed by atoms with E-state index in [9.17, 15) is 8.78 Å². The van der Waals surface area contributed by atoms with Crippen LogP contribution in [0.25, 0.3) is 27.4 Å². The van der Waals surface area contributed by atoms with Crippen LogP contribution in [0.1, 0.15) is 11.9 Å². The van der Waals surface area contributed by atoms with Gasteiger partial charge in [0, 0.05) is 13.0 Å². The number of fused-ring (bicyclic) bond motifs is 2. The number of rotatable bonds is 4. The van der Waals surface area contributed by atoms with Crippen molar-refractivity contribution in [3.63, 3.8) is 0 Å². The number of furan rings is 1. The lowest BCUT2D eigenvalue weighted by molar-refractivity contribution is 0.0163. The summed E-state index contributed by atoms with van der Waals surface area (Å²) in [5.41, 5.74) is 0.985. The van der Waals surface area contributed by atoms with E-state index >= 15 is 0 Å². The zero-order chi connectivity index (χ0) is 18.6. The molecule has 3 heterocycles. The highest BCUT2D eigenvalue weighted by molar-refractivity contribution is 9.10. The van der Waals surface area contributed by atoms with Crippen molar-refractivity contribution >= 4 is 43.2 Å². The third-order valence-electron chi connectivity index (χ3n) is 3.83. The summed E-state index contributed by atoms with van der Waals surface area (Å²) in [6.07, 6.45) is 1.53. The first-order valence-electron chi connectivity index (χ1n) is 7.40. The third-order valence-corrected chi connectivity index (χ3v) is 5.67. The van der Waals surface area contributed by atoms with Crippen LogP contribution in [0.2, 0.25) is 0 Å². The van der Waals surface area contributed by atoms with Crippen LogP contribution in [0.5, 0.6) is 11.5 Å². The molecule has 0 amide bonds. The summed E-state index contributed by atoms with van der Waals surface area (Å²) < 4.78 is 45.7. The summed E-state index contributed by atoms with van der Waals surface area (Å²) >= 11 is 4.29. The molecule has 0 spiro atoms. The lowest BCUT2D eigenvalue weighted by Crippen LogP contribution is -2.07. The molecular weight excluding hydrogens is 432 g/mol. The molecule has 0 N–H and O–H groups in total. The molecule has 0 atom stereocenters. The van der Waals surface area contributed by atoms with Crippen LogP contribution in [0.3, 0.4) is 0 Å². The van der Waals surface area contributed by atoms with E-state index in [-0.39, 0.29) is 5.01 Å². The molecule has 4 rings (SSSR count). The van der Waals surface area contributed by atoms with Crippen LogP contribution in [-0.4, -0.2) is 28.8 Å². The van der Waals surface area contributed by atoms with E-state index in [1.165, 1.54) is 17.8 Å². The Bertz CT molecular complexity index is 1130. The van der Waals surface area contributed by atoms with Crippen LogP contribution in [0.4, 0.5) is 8.78 Å². The molecule has 4 aromatic rings. The minimum atomic E-state index is -3.03. The Labute approximate surface area is 158 Å². The second kappa shape index (κ2) is 5.92. The maximum Gasteiger partial charge on any atom is 0.298 e. The van der Waals surface area contributed by atoms with Gasteiger partial charge in [-0.1, -0.05) is 11.3 Å². The van der Waals surface area contributed by atoms with Crippen LogP contribution >= 0.6 is 27.3 Å². The molecule has 0 unspecified atom stereocenters. The lowest BCUT2D eigenvalue weighted by Gasteiger charge is -2.07. The molecule has 0 bridgehead atoms. The Morgan fingerprint density at radius 3 is 2.62 bits per heavy atom. The average molecular weight is 444 g/mol. The van der Waals surface area contributed by atoms with Gasteiger partial charge in [-0.05, 0) is 22.0 Å². The topological polar surface area (TPSA) is 61.8 Å². The maximum absolute atomic E-state index is 13.6. The minimum absolute atomic E-state index is 0.307. The van der Waals surface area contributed by atoms with Gasteiger partial charge in [0.05, 0.1) is 25.8 Å². The van der Waals surface area contributed by atoms with Crippen LogP contribution in [0.15, 0.2) is 27.2 Å². The smallest absolute Gasteiger partial charge is 0.298 e. The molecule has 6 nitrogen and oxygen atoms in total. The summed E-state index contributed by atoms with van der Waals surface area (Å²) in [4.78, 5) is 4.52. The quantitative estimate of drug-likeness (QED) is 0.439. The van der Waals surface area contributed by atoms with Crippen molar-refractivity contribution in [3.05, 3.63) is 27.8 Å². The van der Waals surface area contributed by atoms with Crippen molar-refractivity contribution in [2.75, 3.05) is 14.2 Å². The first kappa shape index (κ1) is 17.2. The Kier molecular flexibility index (Phi) is 3.92. The number of halogens is 3. The lowest BCUT2D eigenvalue weighted by atomic mass is 10.2. The van der Waals surface area contributed by atoms with Crippen LogP contribution in [0, 0.1) is 0 Å². The predicted molar refractivity (Wildman–Crippen MR) is 96.4 cm³/mol. The van der Waals surface area contributed by atoms with Crippen molar-refractivity contribution < 1.29 is 22.7 Å². The van der Waals surface area contributed by atoms with Gasteiger partial charge in [-0.15, -0.1) is 0 Å². The number of ether oxygens (including phenoxy) is 2. The van der Waals surface area contributed by atoms with Gasteiger partial charge >= 0.3 is 0 Å². The van der Waals surface area contributed by atoms with Gasteiger partial charge in [-0.25, -0.2) is 4.98 Å². The molecule has 0 fully saturated rings. The zero-order valence-electron chi connectivity index (χ0n) is 13.8. The monoisotopic (exact) mass is 443 g/mol. The fraction of sp³-hybridized carbons (Fsp3) is 0.250. The third kappa shape index (κ3) is 2.55. The molecule has 1 aromatic carbocycles. The largest absolute Gasteiger partial charge is 0.496 e. The summed E-state index contributed by atoms with van der Waals surface area (Å²) in [7, 11) is 3.08. The number of nitrogens with zero attached hydrogens (tertiary/aromatic N) is 3. The van der Waals surface area contributed by atoms with E-state index < -0.39 is 5.92 Å². The van der Waals surface area contributed by atoms with E-state index in [1.54, 1.807) is 19.2 Å². The Morgan fingerprint density at radius 2 is 1.96 bits per heavy atom. The second-order valence-electron chi connectivity index (χ2n) is 5.58. The van der Waals surface area contributed by atoms with Gasteiger partial charge in [0.15, 0.2) is 16.4 Å². The molecule has 0 aliphatic heterocycles. The van der Waals surface area contributed by atoms with Crippen LogP contribution in [-0.2, 0) is 5.92 Å². The molecule has 10 heteroatoms. The van der Waals surface area contributed by atoms with Crippen molar-refractivity contribution in [1.29, 1.82) is 0 Å². The number of imidazole rings is 1. The second-order valence-corrected chi connectivity index (χ2v) is 7.33. The van der Waals surface area contributed by atoms with Crippen molar-refractivity contribution in [1.82, 2.24) is 14.6 Å². The van der Waals surface area contributed by atoms with E-state index in [2.05, 4.69) is 26.0 Å². The summed E-state index contributed by atoms with van der Waals surface area (Å²) in [6, 6.07) is 3.49. The molecular formula is C16H12BrF2N3O3S. The number of alkyl halides is 2. The molecule has 0 saturated carbocycles. The SMILES string of the molecule is COc1cc(OC)c2cc(-c3cnc4sc(C(C)(F)F)nn34)oc2c1Br. The van der Waals surface area contributed by atoms with E-state index in [4.69, 9.17) is 13.9 Å². The Balaban J connectivity index is 1.93. The number of benzene rings is 1. The van der Waals surface area contributed by atoms with E-state index in [0.29, 0.717) is 43.4 Å². The normalized spacial score (nSPS) is 12.2. The highest BCUT2D eigenvalue weighted by atomic mass is 79.9. The first-order valence-corrected chi connectivity index (χ1v) is 9.01. The molecule has 3 aromatic heterocycles. The summed E-state index contributed by atoms with van der Waals surface area (Å²) in [5.74, 6) is -1.49. The predicted octanol–water partition coefficient (Wildman–Crippen LogP) is 5.10. The fourth-order valence-electron chi connectivity index (χ4n) is 2.59. The molecule has 0 aliphatic carbocycles. The first-order chi connectivity index (χ1) is 12.3. The number of aromatic nitrogens is 3. The Hall–Kier alpha value is -2.20. The van der Waals surface area contributed by atoms with Gasteiger partial charge in [-0.3, -0.25) is 0 Å². The number of methoxy groups -OCH3 is 2. The van der Waals surface area contributed by atoms with E-state index in [0.717, 1.165) is 18.3 Å². The molecule has 136 valence electrons. The molecule has 0 saturated heterocycles. The maximum atomic E-state index is 13.6. The van der Waals surface area contributed by atoms with Crippen molar-refractivity contribution in [2.24, 2.45) is 0 Å². The fourth-order valence-corrected chi connectivity index (χ4v) is 3.97. The highest BCUT2D eigenvalue weighted by Gasteiger charge is 2.31. The van der Waals surface area contributed by atoms with Gasteiger partial charge in [0.25, 0.3) is 5.92 Å². The van der Waals surface area contributed by atoms with Crippen molar-refractivity contribution in [3.8, 4) is 23.0 Å². The standard InChI is InChI=1S/C16H12BrF2N3O3S/c1-16(18,19)14-21-22-8(6-20-15(22)26-14)10-4-7-9(23-2)5-11(24-3)12(17)13(7)25-10/h4-6H,1-3H3. The molecule has 26 heavy (non-hydrogen) atoms. The van der Waals surface area contributed by atoms with Gasteiger partial charge in [0.2, 0.25) is 4.96 Å². The van der Waals surface area contributed by atoms with E-state index in [1.807, 2.05) is 0 Å². The highest BCUT2D eigenvalue weighted by Crippen LogP contribution is 2.43. The number of hydrogen-bond donors (Lipinski definition) is 0. The summed E-state index contributed by atoms with van der Waals surface area (Å²) in [6.45, 7) is 0.806. The zero-order valence-corrected chi connectivity index (χ0v) is 16.2. The van der Waals surface area contributed by atoms with Gasteiger partial charge in [-0.2, -0.15) is 18.4 Å². The summed E-state index contributed by atoms with van der Waals surface area (Å²) in [5, 5.41) is 4.39. The Morgan fingerprint density at radius 1 is 1.23 bits per heavy atom. The van der Waals surface area contributed by atoms with Crippen LogP contribution < -0.4 is 9.47 Å². The van der Waals surface area contributed by atoms with Gasteiger partial charge < -0.3 is 13.9 Å². The molecule has 0 aliphatic rings. The average Bonchev–Trinajstić information content (AvgIpc) is 3.27. The molecule has 0 radical (unpaired) electrons. The number of hydrogen-bond acceptors (Lipinski definition) is 6. The minimum Gasteiger partial charge on any atom is -0.496 e.